The molecular weight excluding hydrogens is 470 g/mol. The first-order valence-electron chi connectivity index (χ1n) is 12.4. The van der Waals surface area contributed by atoms with Crippen LogP contribution in [0.4, 0.5) is 0 Å². The zero-order valence-corrected chi connectivity index (χ0v) is 21.2. The van der Waals surface area contributed by atoms with Crippen LogP contribution in [0.5, 0.6) is 5.75 Å². The second kappa shape index (κ2) is 11.4. The fourth-order valence-electron chi connectivity index (χ4n) is 4.31. The summed E-state index contributed by atoms with van der Waals surface area (Å²) in [5.74, 6) is 1.64. The Labute approximate surface area is 215 Å². The van der Waals surface area contributed by atoms with E-state index in [2.05, 4.69) is 32.0 Å². The van der Waals surface area contributed by atoms with Gasteiger partial charge in [-0.3, -0.25) is 14.4 Å². The summed E-state index contributed by atoms with van der Waals surface area (Å²) < 4.78 is 14.5. The predicted octanol–water partition coefficient (Wildman–Crippen LogP) is 2.50. The summed E-state index contributed by atoms with van der Waals surface area (Å²) in [6.07, 6.45) is 7.01. The van der Waals surface area contributed by atoms with E-state index < -0.39 is 0 Å². The minimum absolute atomic E-state index is 0.168. The van der Waals surface area contributed by atoms with Crippen LogP contribution < -0.4 is 10.3 Å². The molecule has 0 spiro atoms. The first-order valence-corrected chi connectivity index (χ1v) is 12.4. The molecule has 1 unspecified atom stereocenters. The molecule has 10 heteroatoms. The van der Waals surface area contributed by atoms with E-state index in [1.54, 1.807) is 29.3 Å². The number of hydrogen-bond donors (Lipinski definition) is 0. The molecule has 0 amide bonds. The standard InChI is InChI=1S/C27H31N7O3/c1-20(16-33-8-10-36-11-9-33)19-37-24-14-28-27(29-15-24)22-5-3-4-21(12-22)17-34-26(35)7-6-25(31-34)23-13-30-32(2)18-23/h3-7,12-15,18,20H,8-11,16-17,19H2,1-2H3. The topological polar surface area (TPSA) is 100 Å². The maximum Gasteiger partial charge on any atom is 0.267 e. The van der Waals surface area contributed by atoms with Crippen LogP contribution in [0.2, 0.25) is 0 Å². The highest BCUT2D eigenvalue weighted by Gasteiger charge is 2.14. The second-order valence-electron chi connectivity index (χ2n) is 9.39. The van der Waals surface area contributed by atoms with Gasteiger partial charge in [0.05, 0.1) is 50.6 Å². The quantitative estimate of drug-likeness (QED) is 0.345. The average molecular weight is 502 g/mol. The summed E-state index contributed by atoms with van der Waals surface area (Å²) in [5.41, 5.74) is 3.18. The normalized spacial score (nSPS) is 15.0. The van der Waals surface area contributed by atoms with E-state index in [1.165, 1.54) is 10.7 Å². The SMILES string of the molecule is CC(COc1cnc(-c2cccc(Cn3nc(-c4cnn(C)c4)ccc3=O)c2)nc1)CN1CCOCC1. The molecule has 192 valence electrons. The van der Waals surface area contributed by atoms with Gasteiger partial charge >= 0.3 is 0 Å². The minimum Gasteiger partial charge on any atom is -0.490 e. The molecule has 5 rings (SSSR count). The molecule has 0 radical (unpaired) electrons. The van der Waals surface area contributed by atoms with Crippen molar-refractivity contribution >= 4 is 0 Å². The van der Waals surface area contributed by atoms with Gasteiger partial charge in [0, 0.05) is 56.0 Å². The highest BCUT2D eigenvalue weighted by Crippen LogP contribution is 2.19. The molecule has 4 aromatic rings. The van der Waals surface area contributed by atoms with Crippen LogP contribution >= 0.6 is 0 Å². The second-order valence-corrected chi connectivity index (χ2v) is 9.39. The molecule has 37 heavy (non-hydrogen) atoms. The van der Waals surface area contributed by atoms with Crippen molar-refractivity contribution in [2.24, 2.45) is 13.0 Å². The Morgan fingerprint density at radius 1 is 1.05 bits per heavy atom. The maximum atomic E-state index is 12.5. The first-order chi connectivity index (χ1) is 18.0. The van der Waals surface area contributed by atoms with E-state index in [0.717, 1.165) is 49.5 Å². The Morgan fingerprint density at radius 2 is 1.86 bits per heavy atom. The van der Waals surface area contributed by atoms with Gasteiger partial charge < -0.3 is 9.47 Å². The third-order valence-electron chi connectivity index (χ3n) is 6.22. The lowest BCUT2D eigenvalue weighted by Gasteiger charge is -2.29. The van der Waals surface area contributed by atoms with Crippen molar-refractivity contribution in [3.63, 3.8) is 0 Å². The van der Waals surface area contributed by atoms with Crippen LogP contribution in [0.25, 0.3) is 22.6 Å². The molecule has 1 aromatic carbocycles. The Morgan fingerprint density at radius 3 is 2.62 bits per heavy atom. The first kappa shape index (κ1) is 24.8. The molecule has 10 nitrogen and oxygen atoms in total. The molecule has 3 aromatic heterocycles. The van der Waals surface area contributed by atoms with Crippen LogP contribution in [0, 0.1) is 5.92 Å². The lowest BCUT2D eigenvalue weighted by Crippen LogP contribution is -2.39. The van der Waals surface area contributed by atoms with Gasteiger partial charge in [-0.25, -0.2) is 14.6 Å². The number of aromatic nitrogens is 6. The van der Waals surface area contributed by atoms with Crippen molar-refractivity contribution in [3.05, 3.63) is 77.1 Å². The third-order valence-corrected chi connectivity index (χ3v) is 6.22. The van der Waals surface area contributed by atoms with E-state index in [9.17, 15) is 4.79 Å². The monoisotopic (exact) mass is 501 g/mol. The van der Waals surface area contributed by atoms with E-state index in [0.29, 0.717) is 36.3 Å². The van der Waals surface area contributed by atoms with Gasteiger partial charge in [0.1, 0.15) is 0 Å². The molecule has 0 saturated carbocycles. The Hall–Kier alpha value is -3.89. The van der Waals surface area contributed by atoms with Gasteiger partial charge in [0.2, 0.25) is 0 Å². The van der Waals surface area contributed by atoms with Crippen LogP contribution in [0.15, 0.2) is 66.0 Å². The lowest BCUT2D eigenvalue weighted by atomic mass is 10.1. The molecule has 4 heterocycles. The largest absolute Gasteiger partial charge is 0.490 e. The van der Waals surface area contributed by atoms with Gasteiger partial charge in [-0.1, -0.05) is 25.1 Å². The van der Waals surface area contributed by atoms with Gasteiger partial charge in [-0.2, -0.15) is 10.2 Å². The molecule has 1 fully saturated rings. The number of aryl methyl sites for hydroxylation is 1. The van der Waals surface area contributed by atoms with Crippen molar-refractivity contribution in [2.75, 3.05) is 39.5 Å². The van der Waals surface area contributed by atoms with E-state index in [-0.39, 0.29) is 5.56 Å². The fraction of sp³-hybridized carbons (Fsp3) is 0.370. The predicted molar refractivity (Wildman–Crippen MR) is 139 cm³/mol. The number of ether oxygens (including phenoxy) is 2. The Kier molecular flexibility index (Phi) is 7.67. The third kappa shape index (κ3) is 6.46. The number of nitrogens with zero attached hydrogens (tertiary/aromatic N) is 7. The molecule has 0 bridgehead atoms. The molecule has 1 saturated heterocycles. The van der Waals surface area contributed by atoms with Crippen LogP contribution in [-0.4, -0.2) is 73.9 Å². The molecule has 1 atom stereocenters. The van der Waals surface area contributed by atoms with Crippen molar-refractivity contribution in [1.29, 1.82) is 0 Å². The zero-order valence-electron chi connectivity index (χ0n) is 21.2. The lowest BCUT2D eigenvalue weighted by molar-refractivity contribution is 0.0283. The summed E-state index contributed by atoms with van der Waals surface area (Å²) in [6.45, 7) is 7.66. The fourth-order valence-corrected chi connectivity index (χ4v) is 4.31. The van der Waals surface area contributed by atoms with Crippen molar-refractivity contribution in [3.8, 4) is 28.4 Å². The Balaban J connectivity index is 1.22. The average Bonchev–Trinajstić information content (AvgIpc) is 3.36. The van der Waals surface area contributed by atoms with Gasteiger partial charge in [0.15, 0.2) is 11.6 Å². The number of benzene rings is 1. The molecular formula is C27H31N7O3. The van der Waals surface area contributed by atoms with E-state index in [1.807, 2.05) is 37.5 Å². The molecule has 1 aliphatic heterocycles. The van der Waals surface area contributed by atoms with Crippen LogP contribution in [0.3, 0.4) is 0 Å². The van der Waals surface area contributed by atoms with Crippen LogP contribution in [-0.2, 0) is 18.3 Å². The highest BCUT2D eigenvalue weighted by atomic mass is 16.5. The summed E-state index contributed by atoms with van der Waals surface area (Å²) in [7, 11) is 1.85. The summed E-state index contributed by atoms with van der Waals surface area (Å²) in [5, 5.41) is 8.71. The van der Waals surface area contributed by atoms with Crippen molar-refractivity contribution in [1.82, 2.24) is 34.4 Å². The molecule has 0 aliphatic carbocycles. The van der Waals surface area contributed by atoms with Gasteiger partial charge in [0.25, 0.3) is 5.56 Å². The van der Waals surface area contributed by atoms with Crippen molar-refractivity contribution < 1.29 is 9.47 Å². The van der Waals surface area contributed by atoms with E-state index >= 15 is 0 Å². The van der Waals surface area contributed by atoms with Crippen molar-refractivity contribution in [2.45, 2.75) is 13.5 Å². The Bertz CT molecular complexity index is 1380. The number of hydrogen-bond acceptors (Lipinski definition) is 8. The van der Waals surface area contributed by atoms with Gasteiger partial charge in [-0.05, 0) is 17.7 Å². The van der Waals surface area contributed by atoms with Crippen LogP contribution in [0.1, 0.15) is 12.5 Å². The number of rotatable bonds is 9. The number of morpholine rings is 1. The maximum absolute atomic E-state index is 12.5. The summed E-state index contributed by atoms with van der Waals surface area (Å²) in [6, 6.07) is 11.1. The highest BCUT2D eigenvalue weighted by molar-refractivity contribution is 5.57. The van der Waals surface area contributed by atoms with E-state index in [4.69, 9.17) is 9.47 Å². The molecule has 0 N–H and O–H groups in total. The zero-order chi connectivity index (χ0) is 25.6. The minimum atomic E-state index is -0.168. The summed E-state index contributed by atoms with van der Waals surface area (Å²) >= 11 is 0. The van der Waals surface area contributed by atoms with Gasteiger partial charge in [-0.15, -0.1) is 0 Å². The molecule has 1 aliphatic rings. The smallest absolute Gasteiger partial charge is 0.267 e. The summed E-state index contributed by atoms with van der Waals surface area (Å²) in [4.78, 5) is 23.9.